The van der Waals surface area contributed by atoms with E-state index in [1.165, 1.54) is 11.8 Å². The SMILES string of the molecule is CCNc1ccc(C#N)cc1N=C1SC(C=Nc2ccc(OC)cc2)C(=O)N1Cc1ccccc1. The number of benzene rings is 3. The number of nitrogens with zero attached hydrogens (tertiary/aromatic N) is 4. The van der Waals surface area contributed by atoms with Gasteiger partial charge in [0.05, 0.1) is 42.3 Å². The number of hydrogen-bond acceptors (Lipinski definition) is 7. The van der Waals surface area contributed by atoms with E-state index in [0.29, 0.717) is 29.5 Å². The van der Waals surface area contributed by atoms with Gasteiger partial charge in [-0.2, -0.15) is 5.26 Å². The summed E-state index contributed by atoms with van der Waals surface area (Å²) in [7, 11) is 1.61. The van der Waals surface area contributed by atoms with Crippen molar-refractivity contribution in [2.45, 2.75) is 18.7 Å². The van der Waals surface area contributed by atoms with E-state index in [1.54, 1.807) is 30.4 Å². The number of amides is 1. The number of nitriles is 1. The lowest BCUT2D eigenvalue weighted by atomic mass is 10.2. The number of methoxy groups -OCH3 is 1. The summed E-state index contributed by atoms with van der Waals surface area (Å²) in [6, 6.07) is 24.6. The Hall–Kier alpha value is -4.09. The van der Waals surface area contributed by atoms with Crippen molar-refractivity contribution < 1.29 is 9.53 Å². The van der Waals surface area contributed by atoms with Crippen molar-refractivity contribution in [2.75, 3.05) is 19.0 Å². The first-order valence-electron chi connectivity index (χ1n) is 11.2. The predicted octanol–water partition coefficient (Wildman–Crippen LogP) is 5.53. The van der Waals surface area contributed by atoms with E-state index in [-0.39, 0.29) is 5.91 Å². The van der Waals surface area contributed by atoms with Crippen LogP contribution in [0.1, 0.15) is 18.1 Å². The number of thioether (sulfide) groups is 1. The molecule has 7 nitrogen and oxygen atoms in total. The summed E-state index contributed by atoms with van der Waals surface area (Å²) in [5, 5.41) is 12.7. The summed E-state index contributed by atoms with van der Waals surface area (Å²) in [5.74, 6) is 0.658. The normalized spacial score (nSPS) is 16.6. The smallest absolute Gasteiger partial charge is 0.247 e. The van der Waals surface area contributed by atoms with Crippen LogP contribution in [-0.4, -0.2) is 41.1 Å². The summed E-state index contributed by atoms with van der Waals surface area (Å²) in [6.07, 6.45) is 1.66. The Balaban J connectivity index is 1.67. The van der Waals surface area contributed by atoms with Gasteiger partial charge in [0.2, 0.25) is 5.91 Å². The first kappa shape index (κ1) is 24.0. The minimum Gasteiger partial charge on any atom is -0.497 e. The van der Waals surface area contributed by atoms with Gasteiger partial charge in [0.1, 0.15) is 11.0 Å². The predicted molar refractivity (Wildman–Crippen MR) is 142 cm³/mol. The summed E-state index contributed by atoms with van der Waals surface area (Å²) in [5.41, 5.74) is 3.66. The van der Waals surface area contributed by atoms with Gasteiger partial charge in [0.15, 0.2) is 5.17 Å². The van der Waals surface area contributed by atoms with Crippen molar-refractivity contribution >= 4 is 46.1 Å². The third-order valence-corrected chi connectivity index (χ3v) is 6.40. The highest BCUT2D eigenvalue weighted by molar-refractivity contribution is 8.16. The lowest BCUT2D eigenvalue weighted by molar-refractivity contribution is -0.125. The number of hydrogen-bond donors (Lipinski definition) is 1. The largest absolute Gasteiger partial charge is 0.497 e. The molecular formula is C27H25N5O2S. The number of anilines is 1. The van der Waals surface area contributed by atoms with Crippen LogP contribution in [0.15, 0.2) is 82.8 Å². The van der Waals surface area contributed by atoms with Crippen molar-refractivity contribution in [3.63, 3.8) is 0 Å². The molecule has 4 rings (SSSR count). The minimum atomic E-state index is -0.513. The minimum absolute atomic E-state index is 0.0868. The maximum Gasteiger partial charge on any atom is 0.247 e. The van der Waals surface area contributed by atoms with Crippen LogP contribution in [0.25, 0.3) is 0 Å². The molecule has 1 aliphatic rings. The van der Waals surface area contributed by atoms with E-state index in [1.807, 2.05) is 67.6 Å². The molecule has 1 amide bonds. The summed E-state index contributed by atoms with van der Waals surface area (Å²) in [4.78, 5) is 24.4. The number of aliphatic imine (C=N–C) groups is 2. The van der Waals surface area contributed by atoms with Gasteiger partial charge in [0.25, 0.3) is 0 Å². The molecule has 35 heavy (non-hydrogen) atoms. The molecule has 0 aliphatic carbocycles. The van der Waals surface area contributed by atoms with Crippen LogP contribution < -0.4 is 10.1 Å². The number of ether oxygens (including phenoxy) is 1. The molecule has 0 bridgehead atoms. The number of nitrogens with one attached hydrogen (secondary N) is 1. The molecule has 1 heterocycles. The first-order chi connectivity index (χ1) is 17.1. The lowest BCUT2D eigenvalue weighted by Gasteiger charge is -2.17. The van der Waals surface area contributed by atoms with E-state index < -0.39 is 5.25 Å². The second kappa shape index (κ2) is 11.4. The van der Waals surface area contributed by atoms with Crippen LogP contribution in [0.2, 0.25) is 0 Å². The van der Waals surface area contributed by atoms with Crippen LogP contribution in [0, 0.1) is 11.3 Å². The molecular weight excluding hydrogens is 458 g/mol. The highest BCUT2D eigenvalue weighted by Gasteiger charge is 2.37. The quantitative estimate of drug-likeness (QED) is 0.425. The Bertz CT molecular complexity index is 1280. The molecule has 1 unspecified atom stereocenters. The van der Waals surface area contributed by atoms with Gasteiger partial charge >= 0.3 is 0 Å². The van der Waals surface area contributed by atoms with Gasteiger partial charge in [-0.25, -0.2) is 4.99 Å². The van der Waals surface area contributed by atoms with Crippen molar-refractivity contribution in [1.29, 1.82) is 5.26 Å². The topological polar surface area (TPSA) is 90.1 Å². The van der Waals surface area contributed by atoms with Crippen LogP contribution in [-0.2, 0) is 11.3 Å². The highest BCUT2D eigenvalue weighted by atomic mass is 32.2. The van der Waals surface area contributed by atoms with E-state index in [2.05, 4.69) is 16.4 Å². The molecule has 176 valence electrons. The molecule has 8 heteroatoms. The van der Waals surface area contributed by atoms with Gasteiger partial charge in [-0.1, -0.05) is 42.1 Å². The monoisotopic (exact) mass is 483 g/mol. The van der Waals surface area contributed by atoms with Crippen LogP contribution >= 0.6 is 11.8 Å². The molecule has 1 atom stereocenters. The summed E-state index contributed by atoms with van der Waals surface area (Å²) >= 11 is 1.35. The average molecular weight is 484 g/mol. The van der Waals surface area contributed by atoms with Crippen molar-refractivity contribution in [2.24, 2.45) is 9.98 Å². The van der Waals surface area contributed by atoms with Gasteiger partial charge in [-0.15, -0.1) is 0 Å². The van der Waals surface area contributed by atoms with Gasteiger partial charge < -0.3 is 10.1 Å². The second-order valence-electron chi connectivity index (χ2n) is 7.69. The molecule has 0 spiro atoms. The lowest BCUT2D eigenvalue weighted by Crippen LogP contribution is -2.32. The fraction of sp³-hybridized carbons (Fsp3) is 0.185. The standard InChI is InChI=1S/C27H25N5O2S/c1-3-29-23-14-9-20(16-28)15-24(23)31-27-32(18-19-7-5-4-6-8-19)26(33)25(35-27)17-30-21-10-12-22(34-2)13-11-21/h4-15,17,25,29H,3,18H2,1-2H3. The Morgan fingerprint density at radius 2 is 1.91 bits per heavy atom. The molecule has 0 aromatic heterocycles. The number of amidine groups is 1. The van der Waals surface area contributed by atoms with E-state index in [9.17, 15) is 10.1 Å². The number of rotatable bonds is 8. The summed E-state index contributed by atoms with van der Waals surface area (Å²) in [6.45, 7) is 3.10. The Labute approximate surface area is 209 Å². The van der Waals surface area contributed by atoms with Crippen molar-refractivity contribution in [3.8, 4) is 11.8 Å². The van der Waals surface area contributed by atoms with E-state index in [0.717, 1.165) is 22.7 Å². The van der Waals surface area contributed by atoms with E-state index in [4.69, 9.17) is 9.73 Å². The fourth-order valence-electron chi connectivity index (χ4n) is 3.53. The summed E-state index contributed by atoms with van der Waals surface area (Å²) < 4.78 is 5.19. The number of carbonyl (C=O) groups is 1. The molecule has 1 N–H and O–H groups in total. The van der Waals surface area contributed by atoms with Crippen molar-refractivity contribution in [1.82, 2.24) is 4.90 Å². The fourth-order valence-corrected chi connectivity index (χ4v) is 4.54. The zero-order valence-corrected chi connectivity index (χ0v) is 20.3. The molecule has 3 aromatic carbocycles. The van der Waals surface area contributed by atoms with Crippen LogP contribution in [0.3, 0.4) is 0 Å². The Morgan fingerprint density at radius 1 is 1.14 bits per heavy atom. The Morgan fingerprint density at radius 3 is 2.60 bits per heavy atom. The highest BCUT2D eigenvalue weighted by Crippen LogP contribution is 2.34. The molecule has 3 aromatic rings. The molecule has 0 saturated carbocycles. The van der Waals surface area contributed by atoms with Crippen LogP contribution in [0.5, 0.6) is 5.75 Å². The molecule has 1 aliphatic heterocycles. The Kier molecular flexibility index (Phi) is 7.81. The third kappa shape index (κ3) is 5.89. The third-order valence-electron chi connectivity index (χ3n) is 5.30. The molecule has 0 radical (unpaired) electrons. The number of carbonyl (C=O) groups excluding carboxylic acids is 1. The molecule has 1 saturated heterocycles. The van der Waals surface area contributed by atoms with Gasteiger partial charge in [-0.3, -0.25) is 14.7 Å². The van der Waals surface area contributed by atoms with Crippen LogP contribution in [0.4, 0.5) is 17.1 Å². The zero-order chi connectivity index (χ0) is 24.6. The van der Waals surface area contributed by atoms with Gasteiger partial charge in [0, 0.05) is 12.8 Å². The van der Waals surface area contributed by atoms with Crippen molar-refractivity contribution in [3.05, 3.63) is 83.9 Å². The zero-order valence-electron chi connectivity index (χ0n) is 19.5. The maximum atomic E-state index is 13.4. The van der Waals surface area contributed by atoms with Gasteiger partial charge in [-0.05, 0) is 55.0 Å². The second-order valence-corrected chi connectivity index (χ2v) is 8.80. The average Bonchev–Trinajstić information content (AvgIpc) is 3.18. The molecule has 1 fully saturated rings. The maximum absolute atomic E-state index is 13.4. The first-order valence-corrected chi connectivity index (χ1v) is 12.1. The van der Waals surface area contributed by atoms with E-state index >= 15 is 0 Å².